The molecule has 1 aromatic carbocycles. The first-order valence-electron chi connectivity index (χ1n) is 6.81. The zero-order chi connectivity index (χ0) is 13.8. The summed E-state index contributed by atoms with van der Waals surface area (Å²) in [6, 6.07) is 8.43. The van der Waals surface area contributed by atoms with Gasteiger partial charge in [0.05, 0.1) is 23.1 Å². The van der Waals surface area contributed by atoms with Crippen molar-refractivity contribution in [3.8, 4) is 12.3 Å². The number of rotatable bonds is 5. The van der Waals surface area contributed by atoms with Crippen molar-refractivity contribution in [1.29, 1.82) is 0 Å². The van der Waals surface area contributed by atoms with Crippen LogP contribution in [0.25, 0.3) is 11.0 Å². The van der Waals surface area contributed by atoms with E-state index in [0.29, 0.717) is 0 Å². The molecule has 1 N–H and O–H groups in total. The number of hydrogen-bond acceptors (Lipinski definition) is 2. The summed E-state index contributed by atoms with van der Waals surface area (Å²) in [6.45, 7) is 4.26. The molecule has 3 nitrogen and oxygen atoms in total. The summed E-state index contributed by atoms with van der Waals surface area (Å²) in [4.78, 5) is 4.69. The van der Waals surface area contributed by atoms with Crippen LogP contribution in [0.15, 0.2) is 24.3 Å². The molecule has 3 heteroatoms. The Morgan fingerprint density at radius 1 is 1.42 bits per heavy atom. The van der Waals surface area contributed by atoms with Crippen LogP contribution in [0.1, 0.15) is 38.6 Å². The van der Waals surface area contributed by atoms with E-state index in [2.05, 4.69) is 35.7 Å². The SMILES string of the molecule is C#CC(CCC)NC(C)c1nc2ccccc2n1C. The molecule has 2 rings (SSSR count). The molecule has 1 aromatic heterocycles. The summed E-state index contributed by atoms with van der Waals surface area (Å²) >= 11 is 0. The molecule has 0 aliphatic rings. The highest BCUT2D eigenvalue weighted by molar-refractivity contribution is 5.75. The van der Waals surface area contributed by atoms with Crippen molar-refractivity contribution in [2.75, 3.05) is 0 Å². The van der Waals surface area contributed by atoms with Crippen LogP contribution in [0.2, 0.25) is 0 Å². The smallest absolute Gasteiger partial charge is 0.126 e. The van der Waals surface area contributed by atoms with Crippen molar-refractivity contribution in [2.24, 2.45) is 7.05 Å². The third-order valence-electron chi connectivity index (χ3n) is 3.44. The van der Waals surface area contributed by atoms with E-state index in [1.165, 1.54) is 0 Å². The predicted octanol–water partition coefficient (Wildman–Crippen LogP) is 3.03. The van der Waals surface area contributed by atoms with Crippen LogP contribution in [0.3, 0.4) is 0 Å². The molecule has 2 unspecified atom stereocenters. The van der Waals surface area contributed by atoms with Crippen molar-refractivity contribution >= 4 is 11.0 Å². The largest absolute Gasteiger partial charge is 0.330 e. The lowest BCUT2D eigenvalue weighted by molar-refractivity contribution is 0.471. The Kier molecular flexibility index (Phi) is 4.24. The van der Waals surface area contributed by atoms with Crippen LogP contribution in [0.5, 0.6) is 0 Å². The van der Waals surface area contributed by atoms with E-state index in [0.717, 1.165) is 29.7 Å². The molecule has 2 aromatic rings. The molecule has 2 atom stereocenters. The second-order valence-corrected chi connectivity index (χ2v) is 4.91. The normalized spacial score (nSPS) is 14.2. The zero-order valence-corrected chi connectivity index (χ0v) is 11.9. The summed E-state index contributed by atoms with van der Waals surface area (Å²) in [5.74, 6) is 3.83. The Bertz CT molecular complexity index is 592. The van der Waals surface area contributed by atoms with Crippen LogP contribution >= 0.6 is 0 Å². The monoisotopic (exact) mass is 255 g/mol. The molecule has 100 valence electrons. The van der Waals surface area contributed by atoms with Crippen molar-refractivity contribution in [1.82, 2.24) is 14.9 Å². The second kappa shape index (κ2) is 5.90. The first kappa shape index (κ1) is 13.6. The van der Waals surface area contributed by atoms with E-state index in [1.54, 1.807) is 0 Å². The molecular formula is C16H21N3. The number of terminal acetylenes is 1. The van der Waals surface area contributed by atoms with Gasteiger partial charge in [-0.15, -0.1) is 6.42 Å². The number of nitrogens with one attached hydrogen (secondary N) is 1. The molecule has 0 aliphatic carbocycles. The van der Waals surface area contributed by atoms with Crippen LogP contribution in [-0.4, -0.2) is 15.6 Å². The first-order chi connectivity index (χ1) is 9.17. The van der Waals surface area contributed by atoms with Gasteiger partial charge in [0.15, 0.2) is 0 Å². The van der Waals surface area contributed by atoms with Crippen LogP contribution in [0.4, 0.5) is 0 Å². The number of aromatic nitrogens is 2. The van der Waals surface area contributed by atoms with Gasteiger partial charge in [0, 0.05) is 7.05 Å². The summed E-state index contributed by atoms with van der Waals surface area (Å²) in [5, 5.41) is 3.47. The fraction of sp³-hybridized carbons (Fsp3) is 0.438. The van der Waals surface area contributed by atoms with Gasteiger partial charge in [0.25, 0.3) is 0 Å². The molecule has 1 heterocycles. The Morgan fingerprint density at radius 2 is 2.16 bits per heavy atom. The third-order valence-corrected chi connectivity index (χ3v) is 3.44. The third kappa shape index (κ3) is 2.80. The number of fused-ring (bicyclic) bond motifs is 1. The van der Waals surface area contributed by atoms with Gasteiger partial charge in [-0.1, -0.05) is 31.4 Å². The molecule has 0 bridgehead atoms. The fourth-order valence-electron chi connectivity index (χ4n) is 2.43. The number of aryl methyl sites for hydroxylation is 1. The van der Waals surface area contributed by atoms with E-state index in [1.807, 2.05) is 25.2 Å². The molecule has 0 amide bonds. The van der Waals surface area contributed by atoms with Crippen molar-refractivity contribution < 1.29 is 0 Å². The van der Waals surface area contributed by atoms with Crippen LogP contribution < -0.4 is 5.32 Å². The minimum atomic E-state index is 0.111. The summed E-state index contributed by atoms with van der Waals surface area (Å²) in [6.07, 6.45) is 7.63. The molecular weight excluding hydrogens is 234 g/mol. The maximum absolute atomic E-state index is 5.56. The van der Waals surface area contributed by atoms with Crippen molar-refractivity contribution in [2.45, 2.75) is 38.8 Å². The minimum Gasteiger partial charge on any atom is -0.330 e. The average Bonchev–Trinajstić information content (AvgIpc) is 2.76. The lowest BCUT2D eigenvalue weighted by Crippen LogP contribution is -2.31. The Labute approximate surface area is 115 Å². The summed E-state index contributed by atoms with van der Waals surface area (Å²) in [7, 11) is 2.05. The van der Waals surface area contributed by atoms with Gasteiger partial charge in [-0.2, -0.15) is 0 Å². The van der Waals surface area contributed by atoms with Gasteiger partial charge in [0.1, 0.15) is 5.82 Å². The topological polar surface area (TPSA) is 29.9 Å². The van der Waals surface area contributed by atoms with Gasteiger partial charge in [-0.05, 0) is 25.5 Å². The number of para-hydroxylation sites is 2. The van der Waals surface area contributed by atoms with Gasteiger partial charge in [0.2, 0.25) is 0 Å². The maximum atomic E-state index is 5.56. The van der Waals surface area contributed by atoms with Gasteiger partial charge in [-0.25, -0.2) is 4.98 Å². The second-order valence-electron chi connectivity index (χ2n) is 4.91. The van der Waals surface area contributed by atoms with Crippen molar-refractivity contribution in [3.05, 3.63) is 30.1 Å². The van der Waals surface area contributed by atoms with E-state index in [4.69, 9.17) is 11.4 Å². The highest BCUT2D eigenvalue weighted by Gasteiger charge is 2.16. The number of hydrogen-bond donors (Lipinski definition) is 1. The van der Waals surface area contributed by atoms with Crippen LogP contribution in [0, 0.1) is 12.3 Å². The van der Waals surface area contributed by atoms with E-state index < -0.39 is 0 Å². The van der Waals surface area contributed by atoms with E-state index in [9.17, 15) is 0 Å². The quantitative estimate of drug-likeness (QED) is 0.832. The highest BCUT2D eigenvalue weighted by Crippen LogP contribution is 2.19. The Morgan fingerprint density at radius 3 is 2.79 bits per heavy atom. The number of benzene rings is 1. The first-order valence-corrected chi connectivity index (χ1v) is 6.81. The van der Waals surface area contributed by atoms with Crippen LogP contribution in [-0.2, 0) is 7.05 Å². The maximum Gasteiger partial charge on any atom is 0.126 e. The van der Waals surface area contributed by atoms with Gasteiger partial charge < -0.3 is 4.57 Å². The summed E-state index contributed by atoms with van der Waals surface area (Å²) < 4.78 is 2.13. The fourth-order valence-corrected chi connectivity index (χ4v) is 2.43. The standard InChI is InChI=1S/C16H21N3/c1-5-9-13(6-2)17-12(3)16-18-14-10-7-8-11-15(14)19(16)4/h2,7-8,10-13,17H,5,9H2,1,3-4H3. The van der Waals surface area contributed by atoms with Gasteiger partial charge >= 0.3 is 0 Å². The Balaban J connectivity index is 2.24. The molecule has 19 heavy (non-hydrogen) atoms. The van der Waals surface area contributed by atoms with Gasteiger partial charge in [-0.3, -0.25) is 5.32 Å². The lowest BCUT2D eigenvalue weighted by atomic mass is 10.1. The van der Waals surface area contributed by atoms with E-state index >= 15 is 0 Å². The highest BCUT2D eigenvalue weighted by atomic mass is 15.1. The molecule has 0 spiro atoms. The zero-order valence-electron chi connectivity index (χ0n) is 11.9. The lowest BCUT2D eigenvalue weighted by Gasteiger charge is -2.18. The molecule has 0 saturated heterocycles. The number of imidazole rings is 1. The number of nitrogens with zero attached hydrogens (tertiary/aromatic N) is 2. The predicted molar refractivity (Wildman–Crippen MR) is 79.8 cm³/mol. The average molecular weight is 255 g/mol. The summed E-state index contributed by atoms with van der Waals surface area (Å²) in [5.41, 5.74) is 2.18. The molecule has 0 fully saturated rings. The molecule has 0 aliphatic heterocycles. The Hall–Kier alpha value is -1.79. The van der Waals surface area contributed by atoms with Crippen molar-refractivity contribution in [3.63, 3.8) is 0 Å². The molecule has 0 radical (unpaired) electrons. The molecule has 0 saturated carbocycles. The minimum absolute atomic E-state index is 0.111. The van der Waals surface area contributed by atoms with E-state index in [-0.39, 0.29) is 12.1 Å².